The van der Waals surface area contributed by atoms with Gasteiger partial charge in [-0.2, -0.15) is 0 Å². The number of hydrogen-bond acceptors (Lipinski definition) is 3. The molecule has 0 atom stereocenters. The van der Waals surface area contributed by atoms with Crippen LogP contribution in [0.5, 0.6) is 5.75 Å². The highest BCUT2D eigenvalue weighted by Gasteiger charge is 2.10. The molecule has 2 aromatic rings. The molecule has 2 rings (SSSR count). The maximum Gasteiger partial charge on any atom is 0.255 e. The fourth-order valence-electron chi connectivity index (χ4n) is 2.15. The Kier molecular flexibility index (Phi) is 6.37. The minimum Gasteiger partial charge on any atom is -0.494 e. The molecule has 0 saturated carbocycles. The van der Waals surface area contributed by atoms with Gasteiger partial charge in [0, 0.05) is 23.4 Å². The van der Waals surface area contributed by atoms with Crippen molar-refractivity contribution in [3.05, 3.63) is 59.7 Å². The van der Waals surface area contributed by atoms with Crippen LogP contribution >= 0.6 is 0 Å². The Morgan fingerprint density at radius 3 is 2.25 bits per heavy atom. The number of rotatable bonds is 7. The van der Waals surface area contributed by atoms with Gasteiger partial charge in [0.15, 0.2) is 0 Å². The lowest BCUT2D eigenvalue weighted by atomic mass is 10.1. The van der Waals surface area contributed by atoms with Crippen LogP contribution in [-0.2, 0) is 0 Å². The van der Waals surface area contributed by atoms with Crippen molar-refractivity contribution in [1.29, 1.82) is 0 Å². The molecule has 0 radical (unpaired) electrons. The molecule has 0 unspecified atom stereocenters. The average Bonchev–Trinajstić information content (AvgIpc) is 2.61. The molecule has 126 valence electrons. The molecule has 0 fully saturated rings. The second-order valence-corrected chi connectivity index (χ2v) is 5.25. The number of anilines is 1. The molecule has 0 aliphatic carbocycles. The molecule has 2 N–H and O–H groups in total. The number of ether oxygens (including phenoxy) is 1. The zero-order valence-electron chi connectivity index (χ0n) is 14.0. The van der Waals surface area contributed by atoms with Gasteiger partial charge in [-0.1, -0.05) is 13.0 Å². The zero-order valence-corrected chi connectivity index (χ0v) is 14.0. The van der Waals surface area contributed by atoms with Gasteiger partial charge in [-0.25, -0.2) is 0 Å². The smallest absolute Gasteiger partial charge is 0.255 e. The Balaban J connectivity index is 2.05. The third-order valence-electron chi connectivity index (χ3n) is 3.35. The van der Waals surface area contributed by atoms with Gasteiger partial charge in [0.1, 0.15) is 5.75 Å². The first-order valence-corrected chi connectivity index (χ1v) is 8.06. The van der Waals surface area contributed by atoms with Gasteiger partial charge in [0.05, 0.1) is 6.61 Å². The summed E-state index contributed by atoms with van der Waals surface area (Å²) >= 11 is 0. The van der Waals surface area contributed by atoms with Gasteiger partial charge in [0.2, 0.25) is 0 Å². The molecule has 2 amide bonds. The van der Waals surface area contributed by atoms with Crippen LogP contribution in [0.15, 0.2) is 48.5 Å². The van der Waals surface area contributed by atoms with Crippen LogP contribution in [0.1, 0.15) is 41.0 Å². The predicted octanol–water partition coefficient (Wildman–Crippen LogP) is 3.48. The summed E-state index contributed by atoms with van der Waals surface area (Å²) in [6.07, 6.45) is 0.865. The van der Waals surface area contributed by atoms with Gasteiger partial charge >= 0.3 is 0 Å². The van der Waals surface area contributed by atoms with E-state index in [9.17, 15) is 9.59 Å². The molecule has 0 aliphatic heterocycles. The van der Waals surface area contributed by atoms with Crippen LogP contribution in [0.25, 0.3) is 0 Å². The van der Waals surface area contributed by atoms with Gasteiger partial charge < -0.3 is 15.4 Å². The van der Waals surface area contributed by atoms with E-state index < -0.39 is 0 Å². The fraction of sp³-hybridized carbons (Fsp3) is 0.263. The lowest BCUT2D eigenvalue weighted by Gasteiger charge is -2.08. The van der Waals surface area contributed by atoms with E-state index in [1.54, 1.807) is 48.5 Å². The molecule has 2 aromatic carbocycles. The van der Waals surface area contributed by atoms with Crippen molar-refractivity contribution >= 4 is 17.5 Å². The number of amides is 2. The second kappa shape index (κ2) is 8.72. The van der Waals surface area contributed by atoms with Gasteiger partial charge in [0.25, 0.3) is 11.8 Å². The van der Waals surface area contributed by atoms with Gasteiger partial charge in [-0.3, -0.25) is 9.59 Å². The first-order chi connectivity index (χ1) is 11.6. The van der Waals surface area contributed by atoms with Crippen molar-refractivity contribution in [3.8, 4) is 5.75 Å². The molecule has 0 saturated heterocycles. The largest absolute Gasteiger partial charge is 0.494 e. The summed E-state index contributed by atoms with van der Waals surface area (Å²) in [6, 6.07) is 13.8. The maximum atomic E-state index is 12.3. The first-order valence-electron chi connectivity index (χ1n) is 8.06. The van der Waals surface area contributed by atoms with E-state index in [0.717, 1.165) is 12.2 Å². The summed E-state index contributed by atoms with van der Waals surface area (Å²) in [5.74, 6) is 0.321. The fourth-order valence-corrected chi connectivity index (χ4v) is 2.15. The quantitative estimate of drug-likeness (QED) is 0.818. The normalized spacial score (nSPS) is 10.1. The molecular weight excluding hydrogens is 304 g/mol. The molecule has 0 bridgehead atoms. The minimum atomic E-state index is -0.260. The Morgan fingerprint density at radius 2 is 1.62 bits per heavy atom. The monoisotopic (exact) mass is 326 g/mol. The summed E-state index contributed by atoms with van der Waals surface area (Å²) in [7, 11) is 0. The Morgan fingerprint density at radius 1 is 0.958 bits per heavy atom. The Labute approximate surface area is 142 Å². The van der Waals surface area contributed by atoms with Gasteiger partial charge in [-0.05, 0) is 55.8 Å². The molecule has 0 aromatic heterocycles. The van der Waals surface area contributed by atoms with Crippen molar-refractivity contribution in [2.75, 3.05) is 18.5 Å². The number of benzene rings is 2. The number of carbonyl (C=O) groups is 2. The lowest BCUT2D eigenvalue weighted by Crippen LogP contribution is -2.24. The van der Waals surface area contributed by atoms with Crippen LogP contribution in [0.2, 0.25) is 0 Å². The third kappa shape index (κ3) is 4.84. The summed E-state index contributed by atoms with van der Waals surface area (Å²) < 4.78 is 5.37. The van der Waals surface area contributed by atoms with E-state index in [1.165, 1.54) is 0 Å². The highest BCUT2D eigenvalue weighted by atomic mass is 16.5. The SMILES string of the molecule is CCCNC(=O)c1cccc(C(=O)Nc2ccc(OCC)cc2)c1. The van der Waals surface area contributed by atoms with E-state index in [1.807, 2.05) is 13.8 Å². The summed E-state index contributed by atoms with van der Waals surface area (Å²) in [5, 5.41) is 5.61. The van der Waals surface area contributed by atoms with Gasteiger partial charge in [-0.15, -0.1) is 0 Å². The van der Waals surface area contributed by atoms with Crippen molar-refractivity contribution in [1.82, 2.24) is 5.32 Å². The Bertz CT molecular complexity index is 696. The number of nitrogens with one attached hydrogen (secondary N) is 2. The topological polar surface area (TPSA) is 67.4 Å². The molecule has 5 nitrogen and oxygen atoms in total. The van der Waals surface area contributed by atoms with Crippen LogP contribution < -0.4 is 15.4 Å². The standard InChI is InChI=1S/C19H22N2O3/c1-3-12-20-18(22)14-6-5-7-15(13-14)19(23)21-16-8-10-17(11-9-16)24-4-2/h5-11,13H,3-4,12H2,1-2H3,(H,20,22)(H,21,23). The molecule has 0 heterocycles. The third-order valence-corrected chi connectivity index (χ3v) is 3.35. The summed E-state index contributed by atoms with van der Waals surface area (Å²) in [6.45, 7) is 5.11. The van der Waals surface area contributed by atoms with E-state index in [-0.39, 0.29) is 11.8 Å². The molecular formula is C19H22N2O3. The average molecular weight is 326 g/mol. The summed E-state index contributed by atoms with van der Waals surface area (Å²) in [4.78, 5) is 24.3. The van der Waals surface area contributed by atoms with Crippen LogP contribution in [0, 0.1) is 0 Å². The van der Waals surface area contributed by atoms with Crippen molar-refractivity contribution in [2.45, 2.75) is 20.3 Å². The molecule has 0 spiro atoms. The van der Waals surface area contributed by atoms with Crippen LogP contribution in [0.3, 0.4) is 0 Å². The Hall–Kier alpha value is -2.82. The number of hydrogen-bond donors (Lipinski definition) is 2. The zero-order chi connectivity index (χ0) is 17.4. The van der Waals surface area contributed by atoms with E-state index >= 15 is 0 Å². The molecule has 24 heavy (non-hydrogen) atoms. The minimum absolute atomic E-state index is 0.174. The van der Waals surface area contributed by atoms with Crippen LogP contribution in [-0.4, -0.2) is 25.0 Å². The van der Waals surface area contributed by atoms with E-state index in [0.29, 0.717) is 30.0 Å². The van der Waals surface area contributed by atoms with E-state index in [2.05, 4.69) is 10.6 Å². The highest BCUT2D eigenvalue weighted by molar-refractivity contribution is 6.06. The molecule has 0 aliphatic rings. The van der Waals surface area contributed by atoms with Crippen molar-refractivity contribution < 1.29 is 14.3 Å². The maximum absolute atomic E-state index is 12.3. The van der Waals surface area contributed by atoms with Crippen LogP contribution in [0.4, 0.5) is 5.69 Å². The lowest BCUT2D eigenvalue weighted by molar-refractivity contribution is 0.0953. The van der Waals surface area contributed by atoms with Crippen molar-refractivity contribution in [3.63, 3.8) is 0 Å². The van der Waals surface area contributed by atoms with Crippen molar-refractivity contribution in [2.24, 2.45) is 0 Å². The second-order valence-electron chi connectivity index (χ2n) is 5.25. The highest BCUT2D eigenvalue weighted by Crippen LogP contribution is 2.16. The first kappa shape index (κ1) is 17.5. The number of carbonyl (C=O) groups excluding carboxylic acids is 2. The predicted molar refractivity (Wildman–Crippen MR) is 94.6 cm³/mol. The van der Waals surface area contributed by atoms with E-state index in [4.69, 9.17) is 4.74 Å². The summed E-state index contributed by atoms with van der Waals surface area (Å²) in [5.41, 5.74) is 1.58. The molecule has 5 heteroatoms.